The van der Waals surface area contributed by atoms with E-state index in [1.807, 2.05) is 0 Å². The summed E-state index contributed by atoms with van der Waals surface area (Å²) in [6.45, 7) is 0. The zero-order valence-electron chi connectivity index (χ0n) is 5.77. The quantitative estimate of drug-likeness (QED) is 0.693. The van der Waals surface area contributed by atoms with E-state index in [1.165, 1.54) is 13.3 Å². The van der Waals surface area contributed by atoms with E-state index >= 15 is 0 Å². The molecular formula is C6H6Cl2N2O. The van der Waals surface area contributed by atoms with E-state index in [-0.39, 0.29) is 10.8 Å². The summed E-state index contributed by atoms with van der Waals surface area (Å²) in [6, 6.07) is 0. The lowest BCUT2D eigenvalue weighted by molar-refractivity contribution is 0.413. The second-order valence-corrected chi connectivity index (χ2v) is 2.58. The zero-order valence-corrected chi connectivity index (χ0v) is 7.28. The van der Waals surface area contributed by atoms with Gasteiger partial charge in [0.15, 0.2) is 10.9 Å². The van der Waals surface area contributed by atoms with Gasteiger partial charge in [-0.25, -0.2) is 4.98 Å². The van der Waals surface area contributed by atoms with Crippen LogP contribution in [0.1, 0.15) is 0 Å². The topological polar surface area (TPSA) is 48.1 Å². The molecule has 1 aromatic heterocycles. The molecule has 0 atom stereocenters. The van der Waals surface area contributed by atoms with E-state index in [0.29, 0.717) is 10.8 Å². The number of nitrogens with zero attached hydrogens (tertiary/aromatic N) is 1. The molecule has 0 saturated carbocycles. The van der Waals surface area contributed by atoms with Crippen LogP contribution < -0.4 is 10.5 Å². The first-order chi connectivity index (χ1) is 5.16. The fraction of sp³-hybridized carbons (Fsp3) is 0.167. The molecule has 1 rings (SSSR count). The summed E-state index contributed by atoms with van der Waals surface area (Å²) in [6.07, 6.45) is 1.42. The Kier molecular flexibility index (Phi) is 2.42. The summed E-state index contributed by atoms with van der Waals surface area (Å²) >= 11 is 11.3. The van der Waals surface area contributed by atoms with Gasteiger partial charge in [-0.2, -0.15) is 0 Å². The van der Waals surface area contributed by atoms with Crippen LogP contribution in [0.5, 0.6) is 5.75 Å². The number of rotatable bonds is 1. The first kappa shape index (κ1) is 8.43. The minimum atomic E-state index is 0.191. The summed E-state index contributed by atoms with van der Waals surface area (Å²) in [5.41, 5.74) is 5.70. The maximum absolute atomic E-state index is 5.72. The molecule has 60 valence electrons. The van der Waals surface area contributed by atoms with E-state index < -0.39 is 0 Å². The molecule has 5 heteroatoms. The molecule has 1 heterocycles. The Bertz CT molecular complexity index is 278. The number of pyridine rings is 1. The van der Waals surface area contributed by atoms with Crippen LogP contribution >= 0.6 is 23.2 Å². The SMILES string of the molecule is COc1cnc(Cl)c(N)c1Cl. The number of nitrogen functional groups attached to an aromatic ring is 1. The maximum Gasteiger partial charge on any atom is 0.157 e. The van der Waals surface area contributed by atoms with E-state index in [2.05, 4.69) is 4.98 Å². The first-order valence-electron chi connectivity index (χ1n) is 2.80. The van der Waals surface area contributed by atoms with E-state index in [4.69, 9.17) is 33.7 Å². The number of anilines is 1. The van der Waals surface area contributed by atoms with Crippen LogP contribution in [-0.4, -0.2) is 12.1 Å². The average Bonchev–Trinajstić information content (AvgIpc) is 2.01. The summed E-state index contributed by atoms with van der Waals surface area (Å²) < 4.78 is 4.85. The molecule has 0 saturated heterocycles. The van der Waals surface area contributed by atoms with Gasteiger partial charge in [-0.05, 0) is 0 Å². The highest BCUT2D eigenvalue weighted by Crippen LogP contribution is 2.32. The van der Waals surface area contributed by atoms with Crippen molar-refractivity contribution in [2.75, 3.05) is 12.8 Å². The molecule has 0 amide bonds. The molecule has 0 radical (unpaired) electrons. The third kappa shape index (κ3) is 1.49. The number of aromatic nitrogens is 1. The lowest BCUT2D eigenvalue weighted by Crippen LogP contribution is -1.93. The Hall–Kier alpha value is -0.670. The molecule has 0 unspecified atom stereocenters. The van der Waals surface area contributed by atoms with Crippen molar-refractivity contribution in [3.05, 3.63) is 16.4 Å². The minimum absolute atomic E-state index is 0.191. The first-order valence-corrected chi connectivity index (χ1v) is 3.56. The number of hydrogen-bond donors (Lipinski definition) is 1. The van der Waals surface area contributed by atoms with Gasteiger partial charge in [0.25, 0.3) is 0 Å². The van der Waals surface area contributed by atoms with E-state index in [1.54, 1.807) is 0 Å². The molecule has 3 nitrogen and oxygen atoms in total. The number of ether oxygens (including phenoxy) is 1. The van der Waals surface area contributed by atoms with Crippen LogP contribution in [0.15, 0.2) is 6.20 Å². The fourth-order valence-corrected chi connectivity index (χ4v) is 1.01. The highest BCUT2D eigenvalue weighted by molar-refractivity contribution is 6.39. The molecule has 1 aromatic rings. The van der Waals surface area contributed by atoms with Crippen molar-refractivity contribution < 1.29 is 4.74 Å². The predicted octanol–water partition coefficient (Wildman–Crippen LogP) is 1.98. The third-order valence-electron chi connectivity index (χ3n) is 1.19. The molecule has 0 fully saturated rings. The molecule has 0 bridgehead atoms. The van der Waals surface area contributed by atoms with Crippen LogP contribution in [0.3, 0.4) is 0 Å². The molecule has 11 heavy (non-hydrogen) atoms. The minimum Gasteiger partial charge on any atom is -0.493 e. The van der Waals surface area contributed by atoms with Crippen LogP contribution in [0.4, 0.5) is 5.69 Å². The summed E-state index contributed by atoms with van der Waals surface area (Å²) in [4.78, 5) is 3.74. The van der Waals surface area contributed by atoms with Gasteiger partial charge in [-0.1, -0.05) is 23.2 Å². The Morgan fingerprint density at radius 2 is 2.18 bits per heavy atom. The van der Waals surface area contributed by atoms with Gasteiger partial charge in [0.2, 0.25) is 0 Å². The van der Waals surface area contributed by atoms with Crippen molar-refractivity contribution in [2.45, 2.75) is 0 Å². The molecule has 2 N–H and O–H groups in total. The second kappa shape index (κ2) is 3.15. The lowest BCUT2D eigenvalue weighted by atomic mass is 10.4. The van der Waals surface area contributed by atoms with Gasteiger partial charge >= 0.3 is 0 Å². The molecular weight excluding hydrogens is 187 g/mol. The lowest BCUT2D eigenvalue weighted by Gasteiger charge is -2.04. The Labute approximate surface area is 74.1 Å². The monoisotopic (exact) mass is 192 g/mol. The van der Waals surface area contributed by atoms with Gasteiger partial charge in [0.05, 0.1) is 19.0 Å². The summed E-state index contributed by atoms with van der Waals surface area (Å²) in [5, 5.41) is 0.489. The van der Waals surface area contributed by atoms with E-state index in [9.17, 15) is 0 Å². The average molecular weight is 193 g/mol. The van der Waals surface area contributed by atoms with Crippen molar-refractivity contribution in [3.63, 3.8) is 0 Å². The van der Waals surface area contributed by atoms with Gasteiger partial charge in [0, 0.05) is 0 Å². The molecule has 0 aromatic carbocycles. The van der Waals surface area contributed by atoms with Crippen LogP contribution in [0.25, 0.3) is 0 Å². The second-order valence-electron chi connectivity index (χ2n) is 1.85. The van der Waals surface area contributed by atoms with Crippen molar-refractivity contribution in [3.8, 4) is 5.75 Å². The van der Waals surface area contributed by atoms with Crippen LogP contribution in [0, 0.1) is 0 Å². The van der Waals surface area contributed by atoms with Gasteiger partial charge in [-0.15, -0.1) is 0 Å². The number of hydrogen-bond acceptors (Lipinski definition) is 3. The number of halogens is 2. The Balaban J connectivity index is 3.25. The van der Waals surface area contributed by atoms with Crippen molar-refractivity contribution in [1.82, 2.24) is 4.98 Å². The molecule has 0 aliphatic rings. The van der Waals surface area contributed by atoms with Crippen molar-refractivity contribution in [1.29, 1.82) is 0 Å². The Morgan fingerprint density at radius 1 is 1.55 bits per heavy atom. The molecule has 0 aliphatic carbocycles. The van der Waals surface area contributed by atoms with Gasteiger partial charge < -0.3 is 10.5 Å². The standard InChI is InChI=1S/C6H6Cl2N2O/c1-11-3-2-10-6(8)5(9)4(3)7/h2H,9H2,1H3. The largest absolute Gasteiger partial charge is 0.493 e. The third-order valence-corrected chi connectivity index (χ3v) is 1.88. The maximum atomic E-state index is 5.72. The van der Waals surface area contributed by atoms with Gasteiger partial charge in [0.1, 0.15) is 5.02 Å². The Morgan fingerprint density at radius 3 is 2.73 bits per heavy atom. The number of nitrogens with two attached hydrogens (primary N) is 1. The van der Waals surface area contributed by atoms with Crippen LogP contribution in [-0.2, 0) is 0 Å². The zero-order chi connectivity index (χ0) is 8.43. The summed E-state index contributed by atoms with van der Waals surface area (Å²) in [5.74, 6) is 0.425. The van der Waals surface area contributed by atoms with E-state index in [0.717, 1.165) is 0 Å². The summed E-state index contributed by atoms with van der Waals surface area (Å²) in [7, 11) is 1.48. The highest BCUT2D eigenvalue weighted by Gasteiger charge is 2.08. The normalized spacial score (nSPS) is 9.73. The predicted molar refractivity (Wildman–Crippen MR) is 45.2 cm³/mol. The molecule has 0 spiro atoms. The highest BCUT2D eigenvalue weighted by atomic mass is 35.5. The van der Waals surface area contributed by atoms with Crippen LogP contribution in [0.2, 0.25) is 10.2 Å². The van der Waals surface area contributed by atoms with Crippen molar-refractivity contribution in [2.24, 2.45) is 0 Å². The molecule has 0 aliphatic heterocycles. The smallest absolute Gasteiger partial charge is 0.157 e. The fourth-order valence-electron chi connectivity index (χ4n) is 0.607. The number of methoxy groups -OCH3 is 1. The van der Waals surface area contributed by atoms with Crippen molar-refractivity contribution >= 4 is 28.9 Å². The van der Waals surface area contributed by atoms with Gasteiger partial charge in [-0.3, -0.25) is 0 Å².